The Bertz CT molecular complexity index is 634. The third kappa shape index (κ3) is 2.89. The molecule has 18 heavy (non-hydrogen) atoms. The lowest BCUT2D eigenvalue weighted by Crippen LogP contribution is -1.96. The molecule has 5 heteroatoms. The molecular formula is C13H12ClNO2S. The van der Waals surface area contributed by atoms with Gasteiger partial charge in [0.1, 0.15) is 0 Å². The monoisotopic (exact) mass is 281 g/mol. The minimum absolute atomic E-state index is 0.309. The van der Waals surface area contributed by atoms with Crippen LogP contribution in [0.4, 0.5) is 0 Å². The molecule has 2 rings (SSSR count). The van der Waals surface area contributed by atoms with Crippen LogP contribution in [0.15, 0.2) is 47.5 Å². The molecule has 1 aromatic heterocycles. The Kier molecular flexibility index (Phi) is 3.68. The highest BCUT2D eigenvalue weighted by atomic mass is 35.5. The van der Waals surface area contributed by atoms with Gasteiger partial charge < -0.3 is 0 Å². The molecule has 1 heterocycles. The first kappa shape index (κ1) is 13.1. The molecule has 0 fully saturated rings. The van der Waals surface area contributed by atoms with Crippen molar-refractivity contribution in [3.05, 3.63) is 48.2 Å². The van der Waals surface area contributed by atoms with Gasteiger partial charge in [0.2, 0.25) is 0 Å². The fourth-order valence-corrected chi connectivity index (χ4v) is 2.34. The molecule has 0 spiro atoms. The van der Waals surface area contributed by atoms with Gasteiger partial charge in [-0.2, -0.15) is 0 Å². The third-order valence-electron chi connectivity index (χ3n) is 2.56. The van der Waals surface area contributed by atoms with E-state index in [-0.39, 0.29) is 0 Å². The van der Waals surface area contributed by atoms with Crippen LogP contribution >= 0.6 is 11.6 Å². The molecule has 0 saturated carbocycles. The minimum atomic E-state index is -3.15. The zero-order valence-electron chi connectivity index (χ0n) is 9.80. The first-order chi connectivity index (χ1) is 8.50. The fourth-order valence-electron chi connectivity index (χ4n) is 1.55. The molecule has 0 atom stereocenters. The summed E-state index contributed by atoms with van der Waals surface area (Å²) in [4.78, 5) is 4.59. The number of sulfone groups is 1. The Morgan fingerprint density at radius 2 is 1.78 bits per heavy atom. The first-order valence-electron chi connectivity index (χ1n) is 5.32. The number of halogens is 1. The predicted molar refractivity (Wildman–Crippen MR) is 72.3 cm³/mol. The van der Waals surface area contributed by atoms with Crippen molar-refractivity contribution in [2.24, 2.45) is 0 Å². The van der Waals surface area contributed by atoms with Crippen LogP contribution in [0, 0.1) is 0 Å². The summed E-state index contributed by atoms with van der Waals surface area (Å²) in [5.41, 5.74) is 2.63. The maximum Gasteiger partial charge on any atom is 0.175 e. The fraction of sp³-hybridized carbons (Fsp3) is 0.154. The van der Waals surface area contributed by atoms with Gasteiger partial charge >= 0.3 is 0 Å². The van der Waals surface area contributed by atoms with Gasteiger partial charge in [0.25, 0.3) is 0 Å². The molecule has 2 aromatic rings. The quantitative estimate of drug-likeness (QED) is 0.813. The summed E-state index contributed by atoms with van der Waals surface area (Å²) in [7, 11) is -3.15. The van der Waals surface area contributed by atoms with E-state index in [1.54, 1.807) is 30.5 Å². The molecule has 0 radical (unpaired) electrons. The number of rotatable bonds is 3. The standard InChI is InChI=1S/C13H12ClNO2S/c1-18(16,17)12-5-3-11(4-6-12)13-7-2-10(8-14)9-15-13/h2-7,9H,8H2,1H3. The highest BCUT2D eigenvalue weighted by Gasteiger charge is 2.07. The second-order valence-electron chi connectivity index (χ2n) is 3.98. The van der Waals surface area contributed by atoms with Crippen molar-refractivity contribution in [3.8, 4) is 11.3 Å². The lowest BCUT2D eigenvalue weighted by Gasteiger charge is -2.03. The van der Waals surface area contributed by atoms with Crippen LogP contribution in [0.1, 0.15) is 5.56 Å². The largest absolute Gasteiger partial charge is 0.256 e. The summed E-state index contributed by atoms with van der Waals surface area (Å²) >= 11 is 5.69. The summed E-state index contributed by atoms with van der Waals surface area (Å²) in [6.45, 7) is 0. The van der Waals surface area contributed by atoms with Crippen LogP contribution in [0.3, 0.4) is 0 Å². The molecule has 0 aliphatic heterocycles. The molecule has 94 valence electrons. The van der Waals surface area contributed by atoms with Gasteiger partial charge in [-0.15, -0.1) is 11.6 Å². The third-order valence-corrected chi connectivity index (χ3v) is 3.99. The zero-order valence-corrected chi connectivity index (χ0v) is 11.4. The van der Waals surface area contributed by atoms with E-state index in [0.29, 0.717) is 10.8 Å². The van der Waals surface area contributed by atoms with Gasteiger partial charge in [0.05, 0.1) is 10.6 Å². The number of hydrogen-bond acceptors (Lipinski definition) is 3. The van der Waals surface area contributed by atoms with E-state index in [0.717, 1.165) is 16.8 Å². The summed E-state index contributed by atoms with van der Waals surface area (Å²) in [6, 6.07) is 10.4. The van der Waals surface area contributed by atoms with Crippen molar-refractivity contribution in [2.75, 3.05) is 6.26 Å². The number of nitrogens with zero attached hydrogens (tertiary/aromatic N) is 1. The van der Waals surface area contributed by atoms with Crippen LogP contribution in [0.25, 0.3) is 11.3 Å². The van der Waals surface area contributed by atoms with E-state index < -0.39 is 9.84 Å². The van der Waals surface area contributed by atoms with Crippen LogP contribution in [0.5, 0.6) is 0 Å². The maximum atomic E-state index is 11.3. The van der Waals surface area contributed by atoms with Crippen LogP contribution in [-0.2, 0) is 15.7 Å². The molecule has 0 N–H and O–H groups in total. The molecule has 0 aliphatic carbocycles. The molecule has 3 nitrogen and oxygen atoms in total. The Balaban J connectivity index is 2.34. The molecule has 0 aliphatic rings. The highest BCUT2D eigenvalue weighted by molar-refractivity contribution is 7.90. The predicted octanol–water partition coefficient (Wildman–Crippen LogP) is 2.89. The zero-order chi connectivity index (χ0) is 13.2. The van der Waals surface area contributed by atoms with E-state index in [1.165, 1.54) is 6.26 Å². The van der Waals surface area contributed by atoms with E-state index in [9.17, 15) is 8.42 Å². The van der Waals surface area contributed by atoms with Gasteiger partial charge in [-0.05, 0) is 23.8 Å². The smallest absolute Gasteiger partial charge is 0.175 e. The number of alkyl halides is 1. The van der Waals surface area contributed by atoms with E-state index in [2.05, 4.69) is 4.98 Å². The Hall–Kier alpha value is -1.39. The van der Waals surface area contributed by atoms with Crippen molar-refractivity contribution in [1.29, 1.82) is 0 Å². The molecule has 0 bridgehead atoms. The van der Waals surface area contributed by atoms with Crippen LogP contribution in [-0.4, -0.2) is 19.7 Å². The Morgan fingerprint density at radius 3 is 2.22 bits per heavy atom. The van der Waals surface area contributed by atoms with Gasteiger partial charge in [0, 0.05) is 23.9 Å². The van der Waals surface area contributed by atoms with Gasteiger partial charge in [0.15, 0.2) is 9.84 Å². The number of benzene rings is 1. The number of pyridine rings is 1. The second kappa shape index (κ2) is 5.08. The molecular weight excluding hydrogens is 270 g/mol. The minimum Gasteiger partial charge on any atom is -0.256 e. The summed E-state index contributed by atoms with van der Waals surface area (Å²) in [6.07, 6.45) is 2.91. The van der Waals surface area contributed by atoms with Gasteiger partial charge in [-0.3, -0.25) is 4.98 Å². The van der Waals surface area contributed by atoms with E-state index in [4.69, 9.17) is 11.6 Å². The van der Waals surface area contributed by atoms with E-state index >= 15 is 0 Å². The molecule has 0 saturated heterocycles. The van der Waals surface area contributed by atoms with Crippen LogP contribution < -0.4 is 0 Å². The van der Waals surface area contributed by atoms with Crippen LogP contribution in [0.2, 0.25) is 0 Å². The lowest BCUT2D eigenvalue weighted by molar-refractivity contribution is 0.602. The Labute approximate surface area is 111 Å². The second-order valence-corrected chi connectivity index (χ2v) is 6.26. The van der Waals surface area contributed by atoms with Crippen molar-refractivity contribution >= 4 is 21.4 Å². The topological polar surface area (TPSA) is 47.0 Å². The summed E-state index contributed by atoms with van der Waals surface area (Å²) in [5, 5.41) is 0. The average molecular weight is 282 g/mol. The molecule has 0 amide bonds. The van der Waals surface area contributed by atoms with Crippen molar-refractivity contribution in [3.63, 3.8) is 0 Å². The van der Waals surface area contributed by atoms with Crippen molar-refractivity contribution in [1.82, 2.24) is 4.98 Å². The van der Waals surface area contributed by atoms with E-state index in [1.807, 2.05) is 12.1 Å². The summed E-state index contributed by atoms with van der Waals surface area (Å²) in [5.74, 6) is 0.431. The average Bonchev–Trinajstić information content (AvgIpc) is 2.38. The number of hydrogen-bond donors (Lipinski definition) is 0. The highest BCUT2D eigenvalue weighted by Crippen LogP contribution is 2.19. The van der Waals surface area contributed by atoms with Gasteiger partial charge in [-0.1, -0.05) is 18.2 Å². The summed E-state index contributed by atoms with van der Waals surface area (Å²) < 4.78 is 22.7. The SMILES string of the molecule is CS(=O)(=O)c1ccc(-c2ccc(CCl)cn2)cc1. The van der Waals surface area contributed by atoms with Crippen molar-refractivity contribution < 1.29 is 8.42 Å². The lowest BCUT2D eigenvalue weighted by atomic mass is 10.1. The molecule has 0 unspecified atom stereocenters. The first-order valence-corrected chi connectivity index (χ1v) is 7.74. The molecule has 1 aromatic carbocycles. The maximum absolute atomic E-state index is 11.3. The van der Waals surface area contributed by atoms with Crippen molar-refractivity contribution in [2.45, 2.75) is 10.8 Å². The number of aromatic nitrogens is 1. The Morgan fingerprint density at radius 1 is 1.11 bits per heavy atom. The normalized spacial score (nSPS) is 11.4. The van der Waals surface area contributed by atoms with Gasteiger partial charge in [-0.25, -0.2) is 8.42 Å².